The summed E-state index contributed by atoms with van der Waals surface area (Å²) in [7, 11) is 0. The Bertz CT molecular complexity index is 642. The van der Waals surface area contributed by atoms with Gasteiger partial charge in [0.25, 0.3) is 0 Å². The first-order chi connectivity index (χ1) is 9.74. The minimum Gasteiger partial charge on any atom is -0.492 e. The lowest BCUT2D eigenvalue weighted by molar-refractivity contribution is -0.121. The molecule has 0 fully saturated rings. The smallest absolute Gasteiger partial charge is 0.231 e. The molecule has 0 spiro atoms. The van der Waals surface area contributed by atoms with E-state index in [1.54, 1.807) is 12.1 Å². The molecule has 1 aliphatic rings. The lowest BCUT2D eigenvalue weighted by Gasteiger charge is -2.24. The van der Waals surface area contributed by atoms with Crippen LogP contribution in [0.2, 0.25) is 5.02 Å². The van der Waals surface area contributed by atoms with Crippen molar-refractivity contribution in [1.82, 2.24) is 0 Å². The highest BCUT2D eigenvalue weighted by molar-refractivity contribution is 6.33. The molecule has 0 aromatic heterocycles. The molecular formula is C16H14ClNO2. The highest BCUT2D eigenvalue weighted by Gasteiger charge is 2.26. The van der Waals surface area contributed by atoms with Crippen LogP contribution in [0.3, 0.4) is 0 Å². The Morgan fingerprint density at radius 3 is 2.75 bits per heavy atom. The Kier molecular flexibility index (Phi) is 3.61. The van der Waals surface area contributed by atoms with Crippen molar-refractivity contribution in [3.63, 3.8) is 0 Å². The van der Waals surface area contributed by atoms with Crippen molar-refractivity contribution >= 4 is 23.2 Å². The van der Waals surface area contributed by atoms with Gasteiger partial charge in [-0.05, 0) is 30.2 Å². The van der Waals surface area contributed by atoms with Gasteiger partial charge in [0, 0.05) is 0 Å². The van der Waals surface area contributed by atoms with Crippen molar-refractivity contribution in [3.8, 4) is 5.75 Å². The molecule has 1 amide bonds. The second-order valence-corrected chi connectivity index (χ2v) is 5.20. The Morgan fingerprint density at radius 1 is 1.15 bits per heavy atom. The Balaban J connectivity index is 1.72. The number of rotatable bonds is 2. The van der Waals surface area contributed by atoms with Crippen LogP contribution in [-0.2, 0) is 11.2 Å². The molecule has 3 nitrogen and oxygen atoms in total. The Hall–Kier alpha value is -2.00. The predicted octanol–water partition coefficient (Wildman–Crippen LogP) is 3.53. The normalized spacial score (nSPS) is 16.9. The summed E-state index contributed by atoms with van der Waals surface area (Å²) in [6.45, 7) is 0.396. The number of hydrogen-bond acceptors (Lipinski definition) is 2. The molecule has 2 aromatic rings. The summed E-state index contributed by atoms with van der Waals surface area (Å²) in [5.41, 5.74) is 1.70. The largest absolute Gasteiger partial charge is 0.492 e. The number of para-hydroxylation sites is 2. The monoisotopic (exact) mass is 287 g/mol. The number of fused-ring (bicyclic) bond motifs is 1. The van der Waals surface area contributed by atoms with Gasteiger partial charge in [-0.15, -0.1) is 0 Å². The van der Waals surface area contributed by atoms with E-state index in [2.05, 4.69) is 5.32 Å². The van der Waals surface area contributed by atoms with E-state index in [1.165, 1.54) is 0 Å². The zero-order valence-corrected chi connectivity index (χ0v) is 11.6. The molecule has 0 saturated heterocycles. The van der Waals surface area contributed by atoms with Crippen LogP contribution in [0.5, 0.6) is 5.75 Å². The molecule has 2 aromatic carbocycles. The SMILES string of the molecule is O=C(Nc1ccccc1Cl)C1COc2ccccc2C1. The zero-order valence-electron chi connectivity index (χ0n) is 10.8. The molecule has 3 rings (SSSR count). The van der Waals surface area contributed by atoms with Crippen molar-refractivity contribution in [2.24, 2.45) is 5.92 Å². The van der Waals surface area contributed by atoms with Gasteiger partial charge in [-0.1, -0.05) is 41.9 Å². The van der Waals surface area contributed by atoms with Crippen LogP contribution in [0.15, 0.2) is 48.5 Å². The summed E-state index contributed by atoms with van der Waals surface area (Å²) < 4.78 is 5.63. The predicted molar refractivity (Wildman–Crippen MR) is 79.2 cm³/mol. The third-order valence-electron chi connectivity index (χ3n) is 3.38. The van der Waals surface area contributed by atoms with Gasteiger partial charge in [-0.2, -0.15) is 0 Å². The number of nitrogens with one attached hydrogen (secondary N) is 1. The number of amides is 1. The Labute approximate surface area is 122 Å². The summed E-state index contributed by atoms with van der Waals surface area (Å²) in [5.74, 6) is 0.614. The molecule has 1 N–H and O–H groups in total. The van der Waals surface area contributed by atoms with Gasteiger partial charge in [0.05, 0.1) is 16.6 Å². The molecule has 0 aliphatic carbocycles. The van der Waals surface area contributed by atoms with E-state index in [4.69, 9.17) is 16.3 Å². The second-order valence-electron chi connectivity index (χ2n) is 4.79. The van der Waals surface area contributed by atoms with Gasteiger partial charge in [0.1, 0.15) is 12.4 Å². The van der Waals surface area contributed by atoms with Crippen LogP contribution in [0.4, 0.5) is 5.69 Å². The maximum atomic E-state index is 12.3. The first kappa shape index (κ1) is 13.0. The summed E-state index contributed by atoms with van der Waals surface area (Å²) in [6, 6.07) is 15.0. The molecule has 0 bridgehead atoms. The lowest BCUT2D eigenvalue weighted by atomic mass is 9.96. The summed E-state index contributed by atoms with van der Waals surface area (Å²) in [6.07, 6.45) is 0.687. The van der Waals surface area contributed by atoms with E-state index < -0.39 is 0 Å². The van der Waals surface area contributed by atoms with E-state index in [0.717, 1.165) is 11.3 Å². The third kappa shape index (κ3) is 2.63. The van der Waals surface area contributed by atoms with Gasteiger partial charge in [0.15, 0.2) is 0 Å². The number of halogens is 1. The van der Waals surface area contributed by atoms with Crippen LogP contribution < -0.4 is 10.1 Å². The first-order valence-electron chi connectivity index (χ1n) is 6.50. The molecule has 1 heterocycles. The number of carbonyl (C=O) groups excluding carboxylic acids is 1. The molecule has 20 heavy (non-hydrogen) atoms. The third-order valence-corrected chi connectivity index (χ3v) is 3.71. The maximum absolute atomic E-state index is 12.3. The first-order valence-corrected chi connectivity index (χ1v) is 6.88. The number of ether oxygens (including phenoxy) is 1. The van der Waals surface area contributed by atoms with Gasteiger partial charge in [0.2, 0.25) is 5.91 Å². The minimum absolute atomic E-state index is 0.0624. The van der Waals surface area contributed by atoms with Gasteiger partial charge >= 0.3 is 0 Å². The second kappa shape index (κ2) is 5.55. The number of carbonyl (C=O) groups is 1. The molecule has 1 aliphatic heterocycles. The zero-order chi connectivity index (χ0) is 13.9. The number of anilines is 1. The van der Waals surface area contributed by atoms with Crippen molar-refractivity contribution in [2.75, 3.05) is 11.9 Å². The molecule has 1 unspecified atom stereocenters. The average Bonchev–Trinajstić information content (AvgIpc) is 2.49. The van der Waals surface area contributed by atoms with Crippen LogP contribution >= 0.6 is 11.6 Å². The molecule has 4 heteroatoms. The minimum atomic E-state index is -0.193. The van der Waals surface area contributed by atoms with E-state index in [9.17, 15) is 4.79 Å². The highest BCUT2D eigenvalue weighted by atomic mass is 35.5. The van der Waals surface area contributed by atoms with E-state index in [-0.39, 0.29) is 11.8 Å². The fraction of sp³-hybridized carbons (Fsp3) is 0.188. The van der Waals surface area contributed by atoms with Gasteiger partial charge < -0.3 is 10.1 Å². The van der Waals surface area contributed by atoms with Crippen molar-refractivity contribution in [3.05, 3.63) is 59.1 Å². The molecule has 1 atom stereocenters. The topological polar surface area (TPSA) is 38.3 Å². The van der Waals surface area contributed by atoms with Crippen LogP contribution in [0.1, 0.15) is 5.56 Å². The van der Waals surface area contributed by atoms with Crippen LogP contribution in [0.25, 0.3) is 0 Å². The maximum Gasteiger partial charge on any atom is 0.231 e. The number of benzene rings is 2. The highest BCUT2D eigenvalue weighted by Crippen LogP contribution is 2.28. The number of hydrogen-bond donors (Lipinski definition) is 1. The van der Waals surface area contributed by atoms with E-state index >= 15 is 0 Å². The summed E-state index contributed by atoms with van der Waals surface area (Å²) in [5, 5.41) is 3.40. The van der Waals surface area contributed by atoms with Crippen molar-refractivity contribution in [2.45, 2.75) is 6.42 Å². The molecule has 102 valence electrons. The lowest BCUT2D eigenvalue weighted by Crippen LogP contribution is -2.32. The summed E-state index contributed by atoms with van der Waals surface area (Å²) >= 11 is 6.04. The van der Waals surface area contributed by atoms with E-state index in [1.807, 2.05) is 36.4 Å². The fourth-order valence-corrected chi connectivity index (χ4v) is 2.48. The van der Waals surface area contributed by atoms with Crippen molar-refractivity contribution in [1.29, 1.82) is 0 Å². The van der Waals surface area contributed by atoms with Gasteiger partial charge in [-0.3, -0.25) is 4.79 Å². The van der Waals surface area contributed by atoms with Crippen LogP contribution in [-0.4, -0.2) is 12.5 Å². The van der Waals surface area contributed by atoms with Gasteiger partial charge in [-0.25, -0.2) is 0 Å². The molecular weight excluding hydrogens is 274 g/mol. The van der Waals surface area contributed by atoms with E-state index in [0.29, 0.717) is 23.7 Å². The van der Waals surface area contributed by atoms with Crippen LogP contribution in [0, 0.1) is 5.92 Å². The van der Waals surface area contributed by atoms with Crippen molar-refractivity contribution < 1.29 is 9.53 Å². The molecule has 0 radical (unpaired) electrons. The summed E-state index contributed by atoms with van der Waals surface area (Å²) in [4.78, 5) is 12.3. The quantitative estimate of drug-likeness (QED) is 0.917. The average molecular weight is 288 g/mol. The Morgan fingerprint density at radius 2 is 1.90 bits per heavy atom. The molecule has 0 saturated carbocycles. The fourth-order valence-electron chi connectivity index (χ4n) is 2.29. The standard InChI is InChI=1S/C16H14ClNO2/c17-13-6-2-3-7-14(13)18-16(19)12-9-11-5-1-4-8-15(11)20-10-12/h1-8,12H,9-10H2,(H,18,19).